The van der Waals surface area contributed by atoms with Crippen molar-refractivity contribution in [3.63, 3.8) is 0 Å². The number of ether oxygens (including phenoxy) is 1. The van der Waals surface area contributed by atoms with Crippen molar-refractivity contribution in [1.29, 1.82) is 0 Å². The molecule has 0 bridgehead atoms. The Kier molecular flexibility index (Phi) is 6.32. The molecule has 0 aliphatic carbocycles. The molecular formula is C14H21NO5S. The molecule has 0 aromatic heterocycles. The van der Waals surface area contributed by atoms with Crippen molar-refractivity contribution in [3.05, 3.63) is 29.3 Å². The van der Waals surface area contributed by atoms with Crippen molar-refractivity contribution in [2.45, 2.75) is 25.2 Å². The number of aryl methyl sites for hydroxylation is 1. The minimum Gasteiger partial charge on any atom is -0.478 e. The molecule has 0 aliphatic rings. The summed E-state index contributed by atoms with van der Waals surface area (Å²) in [5, 5.41) is 8.99. The molecule has 118 valence electrons. The Morgan fingerprint density at radius 2 is 2.10 bits per heavy atom. The molecule has 7 heteroatoms. The Morgan fingerprint density at radius 1 is 1.43 bits per heavy atom. The van der Waals surface area contributed by atoms with Crippen LogP contribution >= 0.6 is 0 Å². The molecule has 0 heterocycles. The van der Waals surface area contributed by atoms with Gasteiger partial charge in [-0.1, -0.05) is 19.9 Å². The van der Waals surface area contributed by atoms with Crippen LogP contribution < -0.4 is 4.72 Å². The first-order chi connectivity index (χ1) is 9.81. The number of benzene rings is 1. The number of carboxylic acid groups (broad SMARTS) is 1. The van der Waals surface area contributed by atoms with Crippen LogP contribution in [0.5, 0.6) is 0 Å². The fourth-order valence-corrected chi connectivity index (χ4v) is 3.40. The number of sulfonamides is 1. The van der Waals surface area contributed by atoms with Crippen molar-refractivity contribution in [2.75, 3.05) is 20.3 Å². The highest BCUT2D eigenvalue weighted by molar-refractivity contribution is 7.89. The molecule has 0 amide bonds. The number of aromatic carboxylic acids is 1. The van der Waals surface area contributed by atoms with E-state index in [-0.39, 0.29) is 22.9 Å². The van der Waals surface area contributed by atoms with Crippen LogP contribution in [-0.2, 0) is 21.2 Å². The van der Waals surface area contributed by atoms with E-state index >= 15 is 0 Å². The lowest BCUT2D eigenvalue weighted by atomic mass is 10.1. The lowest BCUT2D eigenvalue weighted by molar-refractivity contribution is 0.0696. The highest BCUT2D eigenvalue weighted by Gasteiger charge is 2.20. The summed E-state index contributed by atoms with van der Waals surface area (Å²) in [7, 11) is -2.19. The molecule has 2 N–H and O–H groups in total. The van der Waals surface area contributed by atoms with E-state index in [1.807, 2.05) is 13.8 Å². The van der Waals surface area contributed by atoms with Gasteiger partial charge in [0.25, 0.3) is 0 Å². The van der Waals surface area contributed by atoms with Gasteiger partial charge < -0.3 is 9.84 Å². The van der Waals surface area contributed by atoms with Gasteiger partial charge in [-0.25, -0.2) is 17.9 Å². The molecule has 1 aromatic rings. The van der Waals surface area contributed by atoms with Crippen LogP contribution in [-0.4, -0.2) is 39.8 Å². The van der Waals surface area contributed by atoms with E-state index < -0.39 is 16.0 Å². The van der Waals surface area contributed by atoms with E-state index in [4.69, 9.17) is 9.84 Å². The minimum atomic E-state index is -3.74. The van der Waals surface area contributed by atoms with Gasteiger partial charge in [0.05, 0.1) is 10.5 Å². The zero-order valence-corrected chi connectivity index (χ0v) is 13.2. The second kappa shape index (κ2) is 7.53. The van der Waals surface area contributed by atoms with E-state index in [1.54, 1.807) is 7.11 Å². The molecular weight excluding hydrogens is 294 g/mol. The topological polar surface area (TPSA) is 92.7 Å². The summed E-state index contributed by atoms with van der Waals surface area (Å²) in [5.41, 5.74) is 0.546. The number of carboxylic acids is 1. The third-order valence-electron chi connectivity index (χ3n) is 3.06. The summed E-state index contributed by atoms with van der Waals surface area (Å²) in [6, 6.07) is 4.15. The van der Waals surface area contributed by atoms with Crippen molar-refractivity contribution >= 4 is 16.0 Å². The number of carbonyl (C=O) groups is 1. The van der Waals surface area contributed by atoms with Crippen LogP contribution in [0.4, 0.5) is 0 Å². The molecule has 0 fully saturated rings. The molecule has 0 spiro atoms. The second-order valence-corrected chi connectivity index (χ2v) is 6.63. The van der Waals surface area contributed by atoms with Crippen LogP contribution in [0.3, 0.4) is 0 Å². The fourth-order valence-electron chi connectivity index (χ4n) is 1.90. The largest absolute Gasteiger partial charge is 0.478 e. The van der Waals surface area contributed by atoms with E-state index in [2.05, 4.69) is 4.72 Å². The third kappa shape index (κ3) is 4.80. The molecule has 0 saturated heterocycles. The highest BCUT2D eigenvalue weighted by Crippen LogP contribution is 2.19. The highest BCUT2D eigenvalue weighted by atomic mass is 32.2. The summed E-state index contributed by atoms with van der Waals surface area (Å²) in [6.45, 7) is 4.36. The molecule has 21 heavy (non-hydrogen) atoms. The Balaban J connectivity index is 3.05. The lowest BCUT2D eigenvalue weighted by Gasteiger charge is -2.14. The normalized spacial score (nSPS) is 13.1. The summed E-state index contributed by atoms with van der Waals surface area (Å²) in [4.78, 5) is 11.0. The standard InChI is InChI=1S/C14H21NO5S/c1-4-11-5-6-12(14(16)17)7-13(11)21(18,19)15-8-10(2)9-20-3/h5-7,10,15H,4,8-9H2,1-3H3,(H,16,17). The number of nitrogens with one attached hydrogen (secondary N) is 1. The first-order valence-corrected chi connectivity index (χ1v) is 8.15. The average Bonchev–Trinajstić information content (AvgIpc) is 2.44. The molecule has 0 aliphatic heterocycles. The van der Waals surface area contributed by atoms with E-state index in [1.165, 1.54) is 18.2 Å². The van der Waals surface area contributed by atoms with Gasteiger partial charge in [-0.2, -0.15) is 0 Å². The van der Waals surface area contributed by atoms with Crippen molar-refractivity contribution in [3.8, 4) is 0 Å². The molecule has 1 aromatic carbocycles. The predicted molar refractivity (Wildman–Crippen MR) is 79.0 cm³/mol. The summed E-state index contributed by atoms with van der Waals surface area (Å²) < 4.78 is 32.2. The van der Waals surface area contributed by atoms with Crippen molar-refractivity contribution in [1.82, 2.24) is 4.72 Å². The van der Waals surface area contributed by atoms with E-state index in [0.717, 1.165) is 0 Å². The summed E-state index contributed by atoms with van der Waals surface area (Å²) >= 11 is 0. The van der Waals surface area contributed by atoms with Gasteiger partial charge in [-0.3, -0.25) is 0 Å². The molecule has 1 atom stereocenters. The maximum atomic E-state index is 12.4. The van der Waals surface area contributed by atoms with Gasteiger partial charge in [0.1, 0.15) is 0 Å². The first-order valence-electron chi connectivity index (χ1n) is 6.66. The monoisotopic (exact) mass is 315 g/mol. The van der Waals surface area contributed by atoms with Crippen LogP contribution in [0.15, 0.2) is 23.1 Å². The second-order valence-electron chi connectivity index (χ2n) is 4.89. The van der Waals surface area contributed by atoms with Crippen molar-refractivity contribution < 1.29 is 23.1 Å². The quantitative estimate of drug-likeness (QED) is 0.758. The fraction of sp³-hybridized carbons (Fsp3) is 0.500. The number of hydrogen-bond donors (Lipinski definition) is 2. The molecule has 0 saturated carbocycles. The Bertz CT molecular complexity index is 597. The zero-order chi connectivity index (χ0) is 16.0. The third-order valence-corrected chi connectivity index (χ3v) is 4.56. The predicted octanol–water partition coefficient (Wildman–Crippen LogP) is 1.51. The molecule has 1 unspecified atom stereocenters. The van der Waals surface area contributed by atoms with Gasteiger partial charge in [0.15, 0.2) is 0 Å². The van der Waals surface area contributed by atoms with Gasteiger partial charge in [-0.15, -0.1) is 0 Å². The van der Waals surface area contributed by atoms with Crippen molar-refractivity contribution in [2.24, 2.45) is 5.92 Å². The van der Waals surface area contributed by atoms with E-state index in [9.17, 15) is 13.2 Å². The van der Waals surface area contributed by atoms with Crippen LogP contribution in [0.2, 0.25) is 0 Å². The summed E-state index contributed by atoms with van der Waals surface area (Å²) in [5.74, 6) is -1.13. The maximum Gasteiger partial charge on any atom is 0.335 e. The molecule has 0 radical (unpaired) electrons. The number of methoxy groups -OCH3 is 1. The Hall–Kier alpha value is -1.44. The number of hydrogen-bond acceptors (Lipinski definition) is 4. The van der Waals surface area contributed by atoms with Gasteiger partial charge in [0.2, 0.25) is 10.0 Å². The lowest BCUT2D eigenvalue weighted by Crippen LogP contribution is -2.30. The maximum absolute atomic E-state index is 12.4. The molecule has 1 rings (SSSR count). The van der Waals surface area contributed by atoms with Gasteiger partial charge >= 0.3 is 5.97 Å². The Morgan fingerprint density at radius 3 is 2.62 bits per heavy atom. The smallest absolute Gasteiger partial charge is 0.335 e. The van der Waals surface area contributed by atoms with Gasteiger partial charge in [0, 0.05) is 20.3 Å². The van der Waals surface area contributed by atoms with Gasteiger partial charge in [-0.05, 0) is 30.0 Å². The number of rotatable bonds is 8. The SMILES string of the molecule is CCc1ccc(C(=O)O)cc1S(=O)(=O)NCC(C)COC. The Labute approximate surface area is 125 Å². The summed E-state index contributed by atoms with van der Waals surface area (Å²) in [6.07, 6.45) is 0.504. The average molecular weight is 315 g/mol. The van der Waals surface area contributed by atoms with E-state index in [0.29, 0.717) is 18.6 Å². The molecule has 6 nitrogen and oxygen atoms in total. The van der Waals surface area contributed by atoms with Crippen LogP contribution in [0.25, 0.3) is 0 Å². The zero-order valence-electron chi connectivity index (χ0n) is 12.4. The van der Waals surface area contributed by atoms with Crippen LogP contribution in [0.1, 0.15) is 29.8 Å². The first kappa shape index (κ1) is 17.6. The van der Waals surface area contributed by atoms with Crippen LogP contribution in [0, 0.1) is 5.92 Å². The minimum absolute atomic E-state index is 0.0227.